The summed E-state index contributed by atoms with van der Waals surface area (Å²) >= 11 is 5.69. The van der Waals surface area contributed by atoms with Gasteiger partial charge < -0.3 is 14.7 Å². The molecular weight excluding hydrogens is 367 g/mol. The van der Waals surface area contributed by atoms with Crippen LogP contribution < -0.4 is 5.32 Å². The Hall–Kier alpha value is -0.760. The van der Waals surface area contributed by atoms with E-state index in [2.05, 4.69) is 22.0 Å². The molecule has 0 bridgehead atoms. The van der Waals surface area contributed by atoms with Crippen LogP contribution in [0.2, 0.25) is 0 Å². The van der Waals surface area contributed by atoms with Crippen molar-refractivity contribution in [3.8, 4) is 0 Å². The summed E-state index contributed by atoms with van der Waals surface area (Å²) in [5, 5.41) is 7.53. The van der Waals surface area contributed by atoms with Gasteiger partial charge in [-0.05, 0) is 6.92 Å². The first-order valence-electron chi connectivity index (χ1n) is 5.35. The fraction of sp³-hybridized carbons (Fsp3) is 0.455. The van der Waals surface area contributed by atoms with Crippen LogP contribution in [0, 0.1) is 0 Å². The Kier molecular flexibility index (Phi) is 8.82. The van der Waals surface area contributed by atoms with Crippen LogP contribution in [0.5, 0.6) is 0 Å². The molecule has 1 N–H and O–H groups in total. The normalized spacial score (nSPS) is 10.7. The Morgan fingerprint density at radius 1 is 1.67 bits per heavy atom. The lowest BCUT2D eigenvalue weighted by Crippen LogP contribution is -2.38. The summed E-state index contributed by atoms with van der Waals surface area (Å²) in [7, 11) is 1.92. The average molecular weight is 385 g/mol. The maximum Gasteiger partial charge on any atom is 0.194 e. The zero-order valence-corrected chi connectivity index (χ0v) is 13.6. The lowest BCUT2D eigenvalue weighted by molar-refractivity contribution is 0.391. The van der Waals surface area contributed by atoms with Gasteiger partial charge in [0.2, 0.25) is 0 Å². The SMILES string of the molecule is C=C(Cl)CN=C(NCC)N(C)Cc1ccon1.I. The van der Waals surface area contributed by atoms with E-state index in [4.69, 9.17) is 16.1 Å². The number of hydrogen-bond acceptors (Lipinski definition) is 3. The van der Waals surface area contributed by atoms with Gasteiger partial charge in [0, 0.05) is 24.7 Å². The summed E-state index contributed by atoms with van der Waals surface area (Å²) in [5.41, 5.74) is 0.850. The van der Waals surface area contributed by atoms with Crippen LogP contribution in [0.3, 0.4) is 0 Å². The third-order valence-corrected chi connectivity index (χ3v) is 2.11. The second-order valence-electron chi connectivity index (χ2n) is 3.53. The molecule has 0 aromatic carbocycles. The van der Waals surface area contributed by atoms with Crippen LogP contribution in [0.25, 0.3) is 0 Å². The van der Waals surface area contributed by atoms with E-state index in [-0.39, 0.29) is 24.0 Å². The summed E-state index contributed by atoms with van der Waals surface area (Å²) in [6.07, 6.45) is 1.55. The average Bonchev–Trinajstić information content (AvgIpc) is 2.76. The van der Waals surface area contributed by atoms with Crippen molar-refractivity contribution in [2.75, 3.05) is 20.1 Å². The highest BCUT2D eigenvalue weighted by atomic mass is 127. The predicted octanol–water partition coefficient (Wildman–Crippen LogP) is 2.44. The van der Waals surface area contributed by atoms with Crippen LogP contribution in [0.1, 0.15) is 12.6 Å². The lowest BCUT2D eigenvalue weighted by atomic mass is 10.4. The fourth-order valence-corrected chi connectivity index (χ4v) is 1.33. The summed E-state index contributed by atoms with van der Waals surface area (Å²) in [6, 6.07) is 1.82. The van der Waals surface area contributed by atoms with Gasteiger partial charge in [-0.3, -0.25) is 0 Å². The van der Waals surface area contributed by atoms with E-state index in [0.29, 0.717) is 18.1 Å². The number of guanidine groups is 1. The number of rotatable bonds is 5. The van der Waals surface area contributed by atoms with Gasteiger partial charge in [-0.1, -0.05) is 23.3 Å². The quantitative estimate of drug-likeness (QED) is 0.481. The summed E-state index contributed by atoms with van der Waals surface area (Å²) < 4.78 is 4.78. The van der Waals surface area contributed by atoms with Crippen LogP contribution in [0.15, 0.2) is 33.5 Å². The maximum absolute atomic E-state index is 5.69. The van der Waals surface area contributed by atoms with Crippen molar-refractivity contribution in [3.63, 3.8) is 0 Å². The zero-order chi connectivity index (χ0) is 12.7. The summed E-state index contributed by atoms with van der Waals surface area (Å²) in [4.78, 5) is 6.28. The van der Waals surface area contributed by atoms with E-state index in [1.165, 1.54) is 0 Å². The Labute approximate surface area is 129 Å². The van der Waals surface area contributed by atoms with Crippen molar-refractivity contribution in [1.29, 1.82) is 0 Å². The Balaban J connectivity index is 0.00000289. The molecule has 1 aromatic rings. The highest BCUT2D eigenvalue weighted by molar-refractivity contribution is 14.0. The van der Waals surface area contributed by atoms with Crippen LogP contribution in [-0.4, -0.2) is 36.2 Å². The standard InChI is InChI=1S/C11H17ClN4O.HI/c1-4-13-11(14-7-9(2)12)16(3)8-10-5-6-17-15-10;/h5-6H,2,4,7-8H2,1,3H3,(H,13,14);1H. The van der Waals surface area contributed by atoms with Crippen molar-refractivity contribution in [2.45, 2.75) is 13.5 Å². The minimum absolute atomic E-state index is 0. The monoisotopic (exact) mass is 384 g/mol. The first-order chi connectivity index (χ1) is 8.13. The second-order valence-corrected chi connectivity index (χ2v) is 4.07. The number of nitrogens with zero attached hydrogens (tertiary/aromatic N) is 3. The molecule has 0 saturated heterocycles. The minimum Gasteiger partial charge on any atom is -0.364 e. The molecule has 0 fully saturated rings. The largest absolute Gasteiger partial charge is 0.364 e. The molecule has 1 heterocycles. The first-order valence-corrected chi connectivity index (χ1v) is 5.73. The number of hydrogen-bond donors (Lipinski definition) is 1. The van der Waals surface area contributed by atoms with E-state index < -0.39 is 0 Å². The molecule has 0 unspecified atom stereocenters. The zero-order valence-electron chi connectivity index (χ0n) is 10.5. The Morgan fingerprint density at radius 2 is 2.39 bits per heavy atom. The fourth-order valence-electron chi connectivity index (χ4n) is 1.27. The smallest absolute Gasteiger partial charge is 0.194 e. The van der Waals surface area contributed by atoms with E-state index >= 15 is 0 Å². The third kappa shape index (κ3) is 6.25. The third-order valence-electron chi connectivity index (χ3n) is 1.99. The lowest BCUT2D eigenvalue weighted by Gasteiger charge is -2.20. The van der Waals surface area contributed by atoms with E-state index in [1.54, 1.807) is 6.26 Å². The molecule has 0 amide bonds. The number of aromatic nitrogens is 1. The highest BCUT2D eigenvalue weighted by Gasteiger charge is 2.07. The first kappa shape index (κ1) is 17.2. The van der Waals surface area contributed by atoms with E-state index in [9.17, 15) is 0 Å². The van der Waals surface area contributed by atoms with Gasteiger partial charge in [0.1, 0.15) is 12.0 Å². The summed E-state index contributed by atoms with van der Waals surface area (Å²) in [5.74, 6) is 0.761. The number of nitrogens with one attached hydrogen (secondary N) is 1. The van der Waals surface area contributed by atoms with Gasteiger partial charge in [0.25, 0.3) is 0 Å². The molecule has 0 aliphatic carbocycles. The molecule has 0 spiro atoms. The van der Waals surface area contributed by atoms with Crippen LogP contribution in [-0.2, 0) is 6.54 Å². The van der Waals surface area contributed by atoms with E-state index in [0.717, 1.165) is 18.2 Å². The van der Waals surface area contributed by atoms with Gasteiger partial charge in [-0.2, -0.15) is 0 Å². The van der Waals surface area contributed by atoms with Crippen molar-refractivity contribution in [1.82, 2.24) is 15.4 Å². The van der Waals surface area contributed by atoms with Crippen LogP contribution >= 0.6 is 35.6 Å². The second kappa shape index (κ2) is 9.21. The van der Waals surface area contributed by atoms with Gasteiger partial charge >= 0.3 is 0 Å². The molecule has 0 aliphatic rings. The Bertz CT molecular complexity index is 380. The van der Waals surface area contributed by atoms with Crippen molar-refractivity contribution < 1.29 is 4.52 Å². The predicted molar refractivity (Wildman–Crippen MR) is 84.4 cm³/mol. The van der Waals surface area contributed by atoms with Gasteiger partial charge in [-0.15, -0.1) is 24.0 Å². The van der Waals surface area contributed by atoms with Crippen molar-refractivity contribution in [3.05, 3.63) is 29.6 Å². The Morgan fingerprint density at radius 3 is 2.89 bits per heavy atom. The molecule has 1 rings (SSSR count). The molecule has 102 valence electrons. The molecule has 0 atom stereocenters. The molecule has 18 heavy (non-hydrogen) atoms. The molecule has 7 heteroatoms. The molecule has 1 aromatic heterocycles. The van der Waals surface area contributed by atoms with Gasteiger partial charge in [0.15, 0.2) is 5.96 Å². The van der Waals surface area contributed by atoms with Gasteiger partial charge in [0.05, 0.1) is 13.1 Å². The summed E-state index contributed by atoms with van der Waals surface area (Å²) in [6.45, 7) is 7.42. The minimum atomic E-state index is 0. The molecule has 5 nitrogen and oxygen atoms in total. The highest BCUT2D eigenvalue weighted by Crippen LogP contribution is 2.02. The number of aliphatic imine (C=N–C) groups is 1. The molecule has 0 aliphatic heterocycles. The number of halogens is 2. The van der Waals surface area contributed by atoms with Crippen LogP contribution in [0.4, 0.5) is 0 Å². The maximum atomic E-state index is 5.69. The molecule has 0 saturated carbocycles. The molecular formula is C11H18ClIN4O. The van der Waals surface area contributed by atoms with E-state index in [1.807, 2.05) is 24.9 Å². The van der Waals surface area contributed by atoms with Crippen molar-refractivity contribution in [2.24, 2.45) is 4.99 Å². The topological polar surface area (TPSA) is 53.7 Å². The molecule has 0 radical (unpaired) electrons. The van der Waals surface area contributed by atoms with Gasteiger partial charge in [-0.25, -0.2) is 4.99 Å². The van der Waals surface area contributed by atoms with Crippen molar-refractivity contribution >= 4 is 41.5 Å².